The van der Waals surface area contributed by atoms with Crippen LogP contribution in [0.15, 0.2) is 11.6 Å². The lowest BCUT2D eigenvalue weighted by Crippen LogP contribution is -2.51. The van der Waals surface area contributed by atoms with Crippen molar-refractivity contribution in [1.82, 2.24) is 5.32 Å². The summed E-state index contributed by atoms with van der Waals surface area (Å²) in [5.41, 5.74) is 2.45. The van der Waals surface area contributed by atoms with Gasteiger partial charge in [-0.15, -0.1) is 0 Å². The molecule has 0 aliphatic heterocycles. The lowest BCUT2D eigenvalue weighted by atomic mass is 9.47. The van der Waals surface area contributed by atoms with E-state index in [1.807, 2.05) is 0 Å². The van der Waals surface area contributed by atoms with E-state index in [4.69, 9.17) is 9.84 Å². The van der Waals surface area contributed by atoms with Crippen molar-refractivity contribution in [1.29, 1.82) is 0 Å². The second-order valence-electron chi connectivity index (χ2n) is 13.9. The van der Waals surface area contributed by atoms with E-state index in [9.17, 15) is 9.59 Å². The maximum absolute atomic E-state index is 11.8. The minimum absolute atomic E-state index is 0.180. The zero-order valence-electron chi connectivity index (χ0n) is 24.2. The molecule has 0 aromatic carbocycles. The van der Waals surface area contributed by atoms with Gasteiger partial charge in [-0.3, -0.25) is 9.59 Å². The quantitative estimate of drug-likeness (QED) is 0.290. The molecule has 37 heavy (non-hydrogen) atoms. The van der Waals surface area contributed by atoms with E-state index in [0.29, 0.717) is 17.4 Å². The zero-order valence-corrected chi connectivity index (χ0v) is 24.2. The molecule has 4 aliphatic rings. The number of carboxylic acid groups (broad SMARTS) is 1. The van der Waals surface area contributed by atoms with Gasteiger partial charge in [0.2, 0.25) is 5.91 Å². The maximum Gasteiger partial charge on any atom is 0.322 e. The minimum Gasteiger partial charge on any atom is -0.480 e. The summed E-state index contributed by atoms with van der Waals surface area (Å²) in [6.45, 7) is 12.5. The number of hydrogen-bond donors (Lipinski definition) is 2. The van der Waals surface area contributed by atoms with E-state index in [-0.39, 0.29) is 25.0 Å². The summed E-state index contributed by atoms with van der Waals surface area (Å²) >= 11 is 0. The number of amides is 1. The van der Waals surface area contributed by atoms with Crippen molar-refractivity contribution in [3.8, 4) is 0 Å². The molecule has 0 spiro atoms. The highest BCUT2D eigenvalue weighted by molar-refractivity contribution is 5.81. The average molecular weight is 516 g/mol. The van der Waals surface area contributed by atoms with Crippen molar-refractivity contribution >= 4 is 11.9 Å². The number of carboxylic acids is 1. The van der Waals surface area contributed by atoms with Gasteiger partial charge >= 0.3 is 5.97 Å². The van der Waals surface area contributed by atoms with Crippen LogP contribution in [0.4, 0.5) is 0 Å². The van der Waals surface area contributed by atoms with Crippen molar-refractivity contribution in [2.75, 3.05) is 13.2 Å². The van der Waals surface area contributed by atoms with Crippen LogP contribution in [0.1, 0.15) is 112 Å². The third kappa shape index (κ3) is 6.12. The number of fused-ring (bicyclic) bond motifs is 5. The third-order valence-electron chi connectivity index (χ3n) is 11.4. The predicted octanol–water partition coefficient (Wildman–Crippen LogP) is 7.00. The van der Waals surface area contributed by atoms with Gasteiger partial charge in [-0.2, -0.15) is 0 Å². The SMILES string of the molecule is CC(C)CCC[C@@H](C)[C@H]1CCC2C3CC=C4C[C@@H](OCCC(=O)NCC(=O)O)CC[C@]4(C)C3CC[C@@]21C. The molecule has 8 atom stereocenters. The lowest BCUT2D eigenvalue weighted by Gasteiger charge is -2.58. The fourth-order valence-electron chi connectivity index (χ4n) is 9.38. The normalized spacial score (nSPS) is 37.8. The van der Waals surface area contributed by atoms with Crippen LogP contribution in [-0.2, 0) is 14.3 Å². The van der Waals surface area contributed by atoms with Gasteiger partial charge in [-0.05, 0) is 97.7 Å². The molecule has 0 aromatic heterocycles. The molecule has 4 rings (SSSR count). The van der Waals surface area contributed by atoms with Crippen LogP contribution in [0, 0.1) is 46.3 Å². The minimum atomic E-state index is -1.02. The fraction of sp³-hybridized carbons (Fsp3) is 0.875. The standard InChI is InChI=1S/C32H53NO4/c1-21(2)7-6-8-22(3)26-11-12-27-25-10-9-23-19-24(37-18-15-29(34)33-20-30(35)36)13-16-31(23,4)28(25)14-17-32(26,27)5/h9,21-22,24-28H,6-8,10-20H2,1-5H3,(H,33,34)(H,35,36)/t22-,24+,25?,26-,27?,28?,31+,32-/m1/s1. The number of allylic oxidation sites excluding steroid dienone is 1. The lowest BCUT2D eigenvalue weighted by molar-refractivity contribution is -0.138. The smallest absolute Gasteiger partial charge is 0.322 e. The molecule has 2 N–H and O–H groups in total. The van der Waals surface area contributed by atoms with E-state index in [1.165, 1.54) is 57.8 Å². The Labute approximate surface area is 225 Å². The van der Waals surface area contributed by atoms with E-state index in [1.54, 1.807) is 5.57 Å². The van der Waals surface area contributed by atoms with Crippen LogP contribution >= 0.6 is 0 Å². The molecule has 210 valence electrons. The molecule has 3 unspecified atom stereocenters. The Morgan fingerprint density at radius 1 is 1.08 bits per heavy atom. The van der Waals surface area contributed by atoms with Crippen LogP contribution in [-0.4, -0.2) is 36.2 Å². The molecule has 5 nitrogen and oxygen atoms in total. The molecular formula is C32H53NO4. The van der Waals surface area contributed by atoms with Crippen LogP contribution in [0.2, 0.25) is 0 Å². The third-order valence-corrected chi connectivity index (χ3v) is 11.4. The highest BCUT2D eigenvalue weighted by Gasteiger charge is 2.59. The van der Waals surface area contributed by atoms with Gasteiger partial charge in [0.1, 0.15) is 6.54 Å². The number of nitrogens with one attached hydrogen (secondary N) is 1. The Bertz CT molecular complexity index is 852. The molecule has 0 bridgehead atoms. The summed E-state index contributed by atoms with van der Waals surface area (Å²) in [5, 5.41) is 11.1. The second-order valence-corrected chi connectivity index (χ2v) is 13.9. The van der Waals surface area contributed by atoms with Crippen LogP contribution in [0.25, 0.3) is 0 Å². The molecule has 0 aromatic rings. The molecule has 4 aliphatic carbocycles. The summed E-state index contributed by atoms with van der Waals surface area (Å²) in [6, 6.07) is 0. The van der Waals surface area contributed by atoms with Gasteiger partial charge < -0.3 is 15.2 Å². The first kappa shape index (κ1) is 28.6. The summed E-state index contributed by atoms with van der Waals surface area (Å²) in [7, 11) is 0. The largest absolute Gasteiger partial charge is 0.480 e. The summed E-state index contributed by atoms with van der Waals surface area (Å²) < 4.78 is 6.11. The van der Waals surface area contributed by atoms with E-state index in [2.05, 4.69) is 46.0 Å². The maximum atomic E-state index is 11.8. The second kappa shape index (κ2) is 11.8. The van der Waals surface area contributed by atoms with Gasteiger partial charge in [-0.1, -0.05) is 65.5 Å². The Morgan fingerprint density at radius 2 is 1.86 bits per heavy atom. The van der Waals surface area contributed by atoms with E-state index < -0.39 is 5.97 Å². The average Bonchev–Trinajstić information content (AvgIpc) is 3.20. The highest BCUT2D eigenvalue weighted by Crippen LogP contribution is 2.67. The molecule has 0 heterocycles. The molecule has 3 saturated carbocycles. The van der Waals surface area contributed by atoms with Crippen molar-refractivity contribution in [3.63, 3.8) is 0 Å². The monoisotopic (exact) mass is 515 g/mol. The summed E-state index contributed by atoms with van der Waals surface area (Å²) in [4.78, 5) is 22.4. The number of rotatable bonds is 11. The first-order valence-electron chi connectivity index (χ1n) is 15.3. The number of aliphatic carboxylic acids is 1. The van der Waals surface area contributed by atoms with E-state index in [0.717, 1.165) is 48.3 Å². The van der Waals surface area contributed by atoms with Gasteiger partial charge in [0.05, 0.1) is 12.7 Å². The van der Waals surface area contributed by atoms with Crippen LogP contribution < -0.4 is 5.32 Å². The molecular weight excluding hydrogens is 462 g/mol. The Balaban J connectivity index is 1.33. The molecule has 5 heteroatoms. The molecule has 0 radical (unpaired) electrons. The highest BCUT2D eigenvalue weighted by atomic mass is 16.5. The van der Waals surface area contributed by atoms with Gasteiger partial charge in [0.25, 0.3) is 0 Å². The van der Waals surface area contributed by atoms with E-state index >= 15 is 0 Å². The van der Waals surface area contributed by atoms with Crippen LogP contribution in [0.3, 0.4) is 0 Å². The molecule has 1 amide bonds. The van der Waals surface area contributed by atoms with Crippen molar-refractivity contribution < 1.29 is 19.4 Å². The number of hydrogen-bond acceptors (Lipinski definition) is 3. The number of carbonyl (C=O) groups is 2. The first-order chi connectivity index (χ1) is 17.5. The number of ether oxygens (including phenoxy) is 1. The Morgan fingerprint density at radius 3 is 2.59 bits per heavy atom. The number of carbonyl (C=O) groups excluding carboxylic acids is 1. The molecule has 3 fully saturated rings. The van der Waals surface area contributed by atoms with Gasteiger partial charge in [0, 0.05) is 6.42 Å². The Hall–Kier alpha value is -1.36. The van der Waals surface area contributed by atoms with Gasteiger partial charge in [0.15, 0.2) is 0 Å². The van der Waals surface area contributed by atoms with Crippen molar-refractivity contribution in [3.05, 3.63) is 11.6 Å². The molecule has 0 saturated heterocycles. The predicted molar refractivity (Wildman–Crippen MR) is 148 cm³/mol. The van der Waals surface area contributed by atoms with Crippen molar-refractivity contribution in [2.45, 2.75) is 118 Å². The first-order valence-corrected chi connectivity index (χ1v) is 15.3. The van der Waals surface area contributed by atoms with Crippen molar-refractivity contribution in [2.24, 2.45) is 46.3 Å². The van der Waals surface area contributed by atoms with Crippen LogP contribution in [0.5, 0.6) is 0 Å². The topological polar surface area (TPSA) is 75.6 Å². The fourth-order valence-corrected chi connectivity index (χ4v) is 9.38. The summed E-state index contributed by atoms with van der Waals surface area (Å²) in [5.74, 6) is 3.85. The summed E-state index contributed by atoms with van der Waals surface area (Å²) in [6.07, 6.45) is 17.3. The Kier molecular flexibility index (Phi) is 9.13. The zero-order chi connectivity index (χ0) is 26.8. The van der Waals surface area contributed by atoms with Gasteiger partial charge in [-0.25, -0.2) is 0 Å².